The van der Waals surface area contributed by atoms with Crippen LogP contribution in [-0.4, -0.2) is 21.2 Å². The number of rotatable bonds is 7. The largest absolute Gasteiger partial charge is 0.484 e. The van der Waals surface area contributed by atoms with Crippen LogP contribution in [0.5, 0.6) is 5.75 Å². The molecule has 2 aromatic carbocycles. The van der Waals surface area contributed by atoms with Crippen molar-refractivity contribution in [3.8, 4) is 5.75 Å². The smallest absolute Gasteiger partial charge is 0.277 e. The average molecular weight is 389 g/mol. The SMILES string of the molecule is Cc1cccc(OCc2nnc(SC(C)C(=O)c3ccc(Cl)cc3)o2)c1. The van der Waals surface area contributed by atoms with Crippen molar-refractivity contribution in [1.29, 1.82) is 0 Å². The number of benzene rings is 2. The van der Waals surface area contributed by atoms with E-state index >= 15 is 0 Å². The molecule has 26 heavy (non-hydrogen) atoms. The van der Waals surface area contributed by atoms with Gasteiger partial charge in [0.05, 0.1) is 5.25 Å². The van der Waals surface area contributed by atoms with Gasteiger partial charge in [0.1, 0.15) is 5.75 Å². The topological polar surface area (TPSA) is 65.2 Å². The predicted octanol–water partition coefficient (Wildman–Crippen LogP) is 4.97. The van der Waals surface area contributed by atoms with Crippen LogP contribution in [0.4, 0.5) is 0 Å². The second kappa shape index (κ2) is 8.38. The zero-order chi connectivity index (χ0) is 18.5. The molecule has 1 heterocycles. The van der Waals surface area contributed by atoms with E-state index in [-0.39, 0.29) is 17.6 Å². The third-order valence-electron chi connectivity index (χ3n) is 3.58. The summed E-state index contributed by atoms with van der Waals surface area (Å²) in [6.45, 7) is 3.97. The van der Waals surface area contributed by atoms with Crippen LogP contribution in [-0.2, 0) is 6.61 Å². The van der Waals surface area contributed by atoms with Crippen molar-refractivity contribution < 1.29 is 13.9 Å². The number of thioether (sulfide) groups is 1. The minimum Gasteiger partial charge on any atom is -0.484 e. The lowest BCUT2D eigenvalue weighted by molar-refractivity contribution is 0.0993. The van der Waals surface area contributed by atoms with Crippen molar-refractivity contribution in [2.45, 2.75) is 30.9 Å². The van der Waals surface area contributed by atoms with Crippen molar-refractivity contribution in [1.82, 2.24) is 10.2 Å². The summed E-state index contributed by atoms with van der Waals surface area (Å²) in [6, 6.07) is 14.5. The van der Waals surface area contributed by atoms with E-state index in [9.17, 15) is 4.79 Å². The van der Waals surface area contributed by atoms with E-state index in [0.29, 0.717) is 21.7 Å². The summed E-state index contributed by atoms with van der Waals surface area (Å²) in [5.41, 5.74) is 1.70. The number of ether oxygens (including phenoxy) is 1. The lowest BCUT2D eigenvalue weighted by Crippen LogP contribution is -2.13. The van der Waals surface area contributed by atoms with Gasteiger partial charge in [-0.2, -0.15) is 0 Å². The van der Waals surface area contributed by atoms with Crippen LogP contribution in [0.15, 0.2) is 58.2 Å². The van der Waals surface area contributed by atoms with Gasteiger partial charge < -0.3 is 9.15 Å². The Balaban J connectivity index is 1.57. The second-order valence-corrected chi connectivity index (χ2v) is 7.43. The Bertz CT molecular complexity index is 896. The Morgan fingerprint density at radius 2 is 2.00 bits per heavy atom. The van der Waals surface area contributed by atoms with E-state index in [1.807, 2.05) is 31.2 Å². The third kappa shape index (κ3) is 4.86. The molecular weight excluding hydrogens is 372 g/mol. The van der Waals surface area contributed by atoms with Gasteiger partial charge in [-0.3, -0.25) is 4.79 Å². The van der Waals surface area contributed by atoms with Gasteiger partial charge in [0.15, 0.2) is 12.4 Å². The molecule has 0 fully saturated rings. The lowest BCUT2D eigenvalue weighted by Gasteiger charge is -2.07. The first-order valence-corrected chi connectivity index (χ1v) is 9.25. The van der Waals surface area contributed by atoms with Crippen LogP contribution in [0.2, 0.25) is 5.02 Å². The maximum atomic E-state index is 12.4. The predicted molar refractivity (Wildman–Crippen MR) is 101 cm³/mol. The zero-order valence-corrected chi connectivity index (χ0v) is 15.9. The monoisotopic (exact) mass is 388 g/mol. The van der Waals surface area contributed by atoms with Crippen LogP contribution in [0.25, 0.3) is 0 Å². The molecule has 0 aliphatic heterocycles. The number of hydrogen-bond acceptors (Lipinski definition) is 6. The molecule has 0 aliphatic rings. The number of aryl methyl sites for hydroxylation is 1. The van der Waals surface area contributed by atoms with Gasteiger partial charge in [0.25, 0.3) is 11.1 Å². The standard InChI is InChI=1S/C19H17ClN2O3S/c1-12-4-3-5-16(10-12)24-11-17-21-22-19(25-17)26-13(2)18(23)14-6-8-15(20)9-7-14/h3-10,13H,11H2,1-2H3. The van der Waals surface area contributed by atoms with E-state index in [2.05, 4.69) is 10.2 Å². The van der Waals surface area contributed by atoms with Gasteiger partial charge in [-0.25, -0.2) is 0 Å². The molecule has 0 aliphatic carbocycles. The maximum absolute atomic E-state index is 12.4. The molecule has 0 spiro atoms. The Morgan fingerprint density at radius 3 is 2.73 bits per heavy atom. The highest BCUT2D eigenvalue weighted by atomic mass is 35.5. The Morgan fingerprint density at radius 1 is 1.23 bits per heavy atom. The Hall–Kier alpha value is -2.31. The normalized spacial score (nSPS) is 12.0. The number of Topliss-reactive ketones (excluding diaryl/α,β-unsaturated/α-hetero) is 1. The van der Waals surface area contributed by atoms with Crippen molar-refractivity contribution in [3.63, 3.8) is 0 Å². The van der Waals surface area contributed by atoms with E-state index in [1.165, 1.54) is 11.8 Å². The summed E-state index contributed by atoms with van der Waals surface area (Å²) in [4.78, 5) is 12.4. The Labute approximate surface area is 160 Å². The molecule has 0 bridgehead atoms. The van der Waals surface area contributed by atoms with E-state index in [1.54, 1.807) is 31.2 Å². The number of nitrogens with zero attached hydrogens (tertiary/aromatic N) is 2. The van der Waals surface area contributed by atoms with Crippen LogP contribution in [0.3, 0.4) is 0 Å². The molecule has 0 N–H and O–H groups in total. The highest BCUT2D eigenvalue weighted by Crippen LogP contribution is 2.25. The number of aromatic nitrogens is 2. The number of hydrogen-bond donors (Lipinski definition) is 0. The molecule has 0 saturated carbocycles. The van der Waals surface area contributed by atoms with Crippen molar-refractivity contribution in [2.75, 3.05) is 0 Å². The minimum atomic E-state index is -0.359. The fraction of sp³-hybridized carbons (Fsp3) is 0.211. The van der Waals surface area contributed by atoms with Crippen LogP contribution in [0.1, 0.15) is 28.7 Å². The van der Waals surface area contributed by atoms with E-state index in [0.717, 1.165) is 11.3 Å². The van der Waals surface area contributed by atoms with Gasteiger partial charge in [-0.1, -0.05) is 35.5 Å². The highest BCUT2D eigenvalue weighted by Gasteiger charge is 2.20. The Kier molecular flexibility index (Phi) is 5.96. The van der Waals surface area contributed by atoms with E-state index in [4.69, 9.17) is 20.8 Å². The molecule has 0 radical (unpaired) electrons. The highest BCUT2D eigenvalue weighted by molar-refractivity contribution is 8.00. The third-order valence-corrected chi connectivity index (χ3v) is 4.76. The first-order chi connectivity index (χ1) is 12.5. The molecule has 1 unspecified atom stereocenters. The van der Waals surface area contributed by atoms with Crippen molar-refractivity contribution >= 4 is 29.1 Å². The van der Waals surface area contributed by atoms with Crippen molar-refractivity contribution in [2.24, 2.45) is 0 Å². The number of carbonyl (C=O) groups excluding carboxylic acids is 1. The molecule has 3 rings (SSSR count). The van der Waals surface area contributed by atoms with Gasteiger partial charge in [0, 0.05) is 10.6 Å². The maximum Gasteiger partial charge on any atom is 0.277 e. The summed E-state index contributed by atoms with van der Waals surface area (Å²) in [7, 11) is 0. The van der Waals surface area contributed by atoms with Gasteiger partial charge in [0.2, 0.25) is 0 Å². The fourth-order valence-corrected chi connectivity index (χ4v) is 3.15. The van der Waals surface area contributed by atoms with Gasteiger partial charge in [-0.05, 0) is 55.8 Å². The summed E-state index contributed by atoms with van der Waals surface area (Å²) in [5.74, 6) is 1.08. The number of carbonyl (C=O) groups is 1. The molecule has 7 heteroatoms. The summed E-state index contributed by atoms with van der Waals surface area (Å²) < 4.78 is 11.2. The molecule has 3 aromatic rings. The van der Waals surface area contributed by atoms with Gasteiger partial charge in [-0.15, -0.1) is 10.2 Å². The van der Waals surface area contributed by atoms with Gasteiger partial charge >= 0.3 is 0 Å². The quantitative estimate of drug-likeness (QED) is 0.420. The molecule has 0 saturated heterocycles. The van der Waals surface area contributed by atoms with E-state index < -0.39 is 0 Å². The van der Waals surface area contributed by atoms with Crippen LogP contribution in [0, 0.1) is 6.92 Å². The molecule has 0 amide bonds. The number of ketones is 1. The first kappa shape index (κ1) is 18.5. The lowest BCUT2D eigenvalue weighted by atomic mass is 10.1. The summed E-state index contributed by atoms with van der Waals surface area (Å²) in [6.07, 6.45) is 0. The van der Waals surface area contributed by atoms with Crippen LogP contribution < -0.4 is 4.74 Å². The first-order valence-electron chi connectivity index (χ1n) is 7.99. The molecule has 1 atom stereocenters. The summed E-state index contributed by atoms with van der Waals surface area (Å²) in [5, 5.41) is 8.50. The zero-order valence-electron chi connectivity index (χ0n) is 14.3. The van der Waals surface area contributed by atoms with Crippen molar-refractivity contribution in [3.05, 3.63) is 70.6 Å². The fourth-order valence-electron chi connectivity index (χ4n) is 2.25. The minimum absolute atomic E-state index is 0.0255. The average Bonchev–Trinajstić information content (AvgIpc) is 3.07. The molecule has 5 nitrogen and oxygen atoms in total. The molecule has 134 valence electrons. The molecule has 1 aromatic heterocycles. The summed E-state index contributed by atoms with van der Waals surface area (Å²) >= 11 is 7.07. The van der Waals surface area contributed by atoms with Crippen LogP contribution >= 0.6 is 23.4 Å². The second-order valence-electron chi connectivity index (χ2n) is 5.70. The number of halogens is 1. The molecular formula is C19H17ClN2O3S.